The molecule has 1 aliphatic heterocycles. The number of aromatic nitrogens is 1. The Hall–Kier alpha value is -0.650. The molecule has 3 N–H and O–H groups in total. The summed E-state index contributed by atoms with van der Waals surface area (Å²) >= 11 is 1.32. The number of nitrogens with two attached hydrogens (primary N) is 1. The largest absolute Gasteiger partial charge is 0.382 e. The Morgan fingerprint density at radius 2 is 2.36 bits per heavy atom. The van der Waals surface area contributed by atoms with E-state index >= 15 is 0 Å². The van der Waals surface area contributed by atoms with Crippen molar-refractivity contribution in [1.82, 2.24) is 4.98 Å². The summed E-state index contributed by atoms with van der Waals surface area (Å²) in [6, 6.07) is 0. The van der Waals surface area contributed by atoms with Crippen molar-refractivity contribution in [2.75, 3.05) is 12.3 Å². The number of thiazole rings is 1. The van der Waals surface area contributed by atoms with Crippen LogP contribution in [-0.2, 0) is 10.3 Å². The molecule has 1 saturated heterocycles. The highest BCUT2D eigenvalue weighted by atomic mass is 32.1. The van der Waals surface area contributed by atoms with Gasteiger partial charge in [0.05, 0.1) is 17.1 Å². The van der Waals surface area contributed by atoms with Crippen LogP contribution in [-0.4, -0.2) is 22.3 Å². The van der Waals surface area contributed by atoms with Crippen molar-refractivity contribution in [3.8, 4) is 0 Å². The Balaban J connectivity index is 2.27. The number of anilines is 1. The normalized spacial score (nSPS) is 30.8. The average molecular weight is 214 g/mol. The second kappa shape index (κ2) is 2.92. The molecular weight excluding hydrogens is 200 g/mol. The molecule has 4 nitrogen and oxygen atoms in total. The molecule has 0 spiro atoms. The van der Waals surface area contributed by atoms with Gasteiger partial charge in [0.2, 0.25) is 0 Å². The van der Waals surface area contributed by atoms with E-state index in [1.165, 1.54) is 11.3 Å². The molecule has 2 rings (SSSR count). The molecule has 1 unspecified atom stereocenters. The maximum absolute atomic E-state index is 10.3. The summed E-state index contributed by atoms with van der Waals surface area (Å²) in [5.41, 5.74) is 4.35. The second-order valence-corrected chi connectivity index (χ2v) is 5.38. The van der Waals surface area contributed by atoms with Crippen molar-refractivity contribution in [3.63, 3.8) is 0 Å². The van der Waals surface area contributed by atoms with Crippen LogP contribution < -0.4 is 5.73 Å². The maximum Gasteiger partial charge on any atom is 0.180 e. The number of ether oxygens (including phenoxy) is 1. The van der Waals surface area contributed by atoms with E-state index in [0.29, 0.717) is 18.2 Å². The molecule has 0 saturated carbocycles. The van der Waals surface area contributed by atoms with E-state index in [1.807, 2.05) is 13.8 Å². The number of hydrogen-bond acceptors (Lipinski definition) is 5. The smallest absolute Gasteiger partial charge is 0.180 e. The molecule has 1 aromatic heterocycles. The van der Waals surface area contributed by atoms with Crippen LogP contribution in [0.1, 0.15) is 25.1 Å². The van der Waals surface area contributed by atoms with Gasteiger partial charge in [-0.3, -0.25) is 0 Å². The summed E-state index contributed by atoms with van der Waals surface area (Å²) in [5.74, 6) is 0. The molecular formula is C9H14N2O2S. The Morgan fingerprint density at radius 3 is 2.79 bits per heavy atom. The Morgan fingerprint density at radius 1 is 1.64 bits per heavy atom. The fourth-order valence-electron chi connectivity index (χ4n) is 1.78. The SMILES string of the molecule is CC1(C)CC(O)(c2cnc(N)s2)CO1. The van der Waals surface area contributed by atoms with Crippen molar-refractivity contribution in [2.24, 2.45) is 0 Å². The first kappa shape index (κ1) is 9.89. The Bertz CT molecular complexity index is 350. The number of hydrogen-bond donors (Lipinski definition) is 2. The molecule has 14 heavy (non-hydrogen) atoms. The van der Waals surface area contributed by atoms with E-state index in [4.69, 9.17) is 10.5 Å². The third-order valence-electron chi connectivity index (χ3n) is 2.40. The zero-order chi connectivity index (χ0) is 10.4. The van der Waals surface area contributed by atoms with Crippen molar-refractivity contribution in [2.45, 2.75) is 31.5 Å². The molecule has 5 heteroatoms. The minimum Gasteiger partial charge on any atom is -0.382 e. The van der Waals surface area contributed by atoms with Gasteiger partial charge in [-0.15, -0.1) is 0 Å². The molecule has 0 aromatic carbocycles. The van der Waals surface area contributed by atoms with Crippen molar-refractivity contribution >= 4 is 16.5 Å². The molecule has 1 atom stereocenters. The van der Waals surface area contributed by atoms with E-state index in [1.54, 1.807) is 6.20 Å². The molecule has 2 heterocycles. The number of nitrogens with zero attached hydrogens (tertiary/aromatic N) is 1. The third-order valence-corrected chi connectivity index (χ3v) is 3.42. The van der Waals surface area contributed by atoms with E-state index in [0.717, 1.165) is 4.88 Å². The lowest BCUT2D eigenvalue weighted by Crippen LogP contribution is -2.26. The van der Waals surface area contributed by atoms with E-state index in [-0.39, 0.29) is 5.60 Å². The first-order valence-corrected chi connectivity index (χ1v) is 5.31. The quantitative estimate of drug-likeness (QED) is 0.735. The summed E-state index contributed by atoms with van der Waals surface area (Å²) in [7, 11) is 0. The average Bonchev–Trinajstić information content (AvgIpc) is 2.57. The van der Waals surface area contributed by atoms with Gasteiger partial charge in [-0.25, -0.2) is 4.98 Å². The monoisotopic (exact) mass is 214 g/mol. The van der Waals surface area contributed by atoms with Crippen LogP contribution in [0.15, 0.2) is 6.20 Å². The van der Waals surface area contributed by atoms with Gasteiger partial charge in [0.25, 0.3) is 0 Å². The summed E-state index contributed by atoms with van der Waals surface area (Å²) < 4.78 is 5.51. The standard InChI is InChI=1S/C9H14N2O2S/c1-8(2)4-9(12,5-13-8)6-3-11-7(10)14-6/h3,12H,4-5H2,1-2H3,(H2,10,11). The number of nitrogen functional groups attached to an aromatic ring is 1. The molecule has 0 aliphatic carbocycles. The van der Waals surface area contributed by atoms with Crippen LogP contribution in [0.4, 0.5) is 5.13 Å². The first-order valence-electron chi connectivity index (χ1n) is 4.49. The molecule has 0 radical (unpaired) electrons. The predicted molar refractivity (Wildman–Crippen MR) is 55.1 cm³/mol. The van der Waals surface area contributed by atoms with Gasteiger partial charge in [-0.2, -0.15) is 0 Å². The van der Waals surface area contributed by atoms with Crippen molar-refractivity contribution < 1.29 is 9.84 Å². The van der Waals surface area contributed by atoms with Crippen LogP contribution in [0, 0.1) is 0 Å². The molecule has 0 bridgehead atoms. The lowest BCUT2D eigenvalue weighted by Gasteiger charge is -2.20. The highest BCUT2D eigenvalue weighted by molar-refractivity contribution is 7.15. The fourth-order valence-corrected chi connectivity index (χ4v) is 2.54. The van der Waals surface area contributed by atoms with Gasteiger partial charge in [0, 0.05) is 12.6 Å². The predicted octanol–water partition coefficient (Wildman–Crippen LogP) is 1.11. The van der Waals surface area contributed by atoms with E-state index < -0.39 is 5.60 Å². The van der Waals surface area contributed by atoms with Gasteiger partial charge in [-0.05, 0) is 13.8 Å². The number of aliphatic hydroxyl groups is 1. The molecule has 1 aromatic rings. The third kappa shape index (κ3) is 1.63. The van der Waals surface area contributed by atoms with Crippen LogP contribution in [0.25, 0.3) is 0 Å². The minimum absolute atomic E-state index is 0.270. The van der Waals surface area contributed by atoms with E-state index in [9.17, 15) is 5.11 Å². The lowest BCUT2D eigenvalue weighted by atomic mass is 9.93. The minimum atomic E-state index is -0.904. The summed E-state index contributed by atoms with van der Waals surface area (Å²) in [6.45, 7) is 4.26. The van der Waals surface area contributed by atoms with Crippen LogP contribution in [0.5, 0.6) is 0 Å². The second-order valence-electron chi connectivity index (χ2n) is 4.32. The summed E-state index contributed by atoms with van der Waals surface area (Å²) in [5, 5.41) is 10.8. The fraction of sp³-hybridized carbons (Fsp3) is 0.667. The highest BCUT2D eigenvalue weighted by Crippen LogP contribution is 2.41. The molecule has 1 aliphatic rings. The molecule has 78 valence electrons. The van der Waals surface area contributed by atoms with Crippen molar-refractivity contribution in [1.29, 1.82) is 0 Å². The molecule has 1 fully saturated rings. The number of rotatable bonds is 1. The van der Waals surface area contributed by atoms with Gasteiger partial charge in [0.15, 0.2) is 5.13 Å². The Labute approximate surface area is 86.7 Å². The van der Waals surface area contributed by atoms with Crippen molar-refractivity contribution in [3.05, 3.63) is 11.1 Å². The van der Waals surface area contributed by atoms with E-state index in [2.05, 4.69) is 4.98 Å². The van der Waals surface area contributed by atoms with Gasteiger partial charge >= 0.3 is 0 Å². The molecule has 0 amide bonds. The first-order chi connectivity index (χ1) is 6.41. The summed E-state index contributed by atoms with van der Waals surface area (Å²) in [4.78, 5) is 4.73. The maximum atomic E-state index is 10.3. The van der Waals surface area contributed by atoms with Crippen LogP contribution in [0.2, 0.25) is 0 Å². The zero-order valence-corrected chi connectivity index (χ0v) is 9.10. The topological polar surface area (TPSA) is 68.4 Å². The lowest BCUT2D eigenvalue weighted by molar-refractivity contribution is 0.00515. The van der Waals surface area contributed by atoms with Crippen LogP contribution >= 0.6 is 11.3 Å². The van der Waals surface area contributed by atoms with Gasteiger partial charge in [0.1, 0.15) is 5.60 Å². The summed E-state index contributed by atoms with van der Waals surface area (Å²) in [6.07, 6.45) is 2.21. The van der Waals surface area contributed by atoms with Crippen LogP contribution in [0.3, 0.4) is 0 Å². The van der Waals surface area contributed by atoms with Gasteiger partial charge in [-0.1, -0.05) is 11.3 Å². The van der Waals surface area contributed by atoms with Gasteiger partial charge < -0.3 is 15.6 Å². The zero-order valence-electron chi connectivity index (χ0n) is 8.28. The highest BCUT2D eigenvalue weighted by Gasteiger charge is 2.45. The Kier molecular flexibility index (Phi) is 2.06.